The Labute approximate surface area is 148 Å². The second-order valence-electron chi connectivity index (χ2n) is 6.43. The number of carbonyl (C=O) groups is 1. The van der Waals surface area contributed by atoms with Gasteiger partial charge in [0, 0.05) is 23.2 Å². The summed E-state index contributed by atoms with van der Waals surface area (Å²) >= 11 is 6.33. The van der Waals surface area contributed by atoms with E-state index in [1.54, 1.807) is 0 Å². The van der Waals surface area contributed by atoms with Gasteiger partial charge in [0.15, 0.2) is 0 Å². The monoisotopic (exact) mass is 342 g/mol. The minimum absolute atomic E-state index is 0.00757. The lowest BCUT2D eigenvalue weighted by Gasteiger charge is -2.30. The van der Waals surface area contributed by atoms with Gasteiger partial charge in [-0.25, -0.2) is 0 Å². The molecular formula is C20H23ClN2O. The maximum Gasteiger partial charge on any atom is 0.223 e. The van der Waals surface area contributed by atoms with Crippen molar-refractivity contribution in [2.24, 2.45) is 0 Å². The van der Waals surface area contributed by atoms with Crippen molar-refractivity contribution in [1.29, 1.82) is 0 Å². The van der Waals surface area contributed by atoms with Gasteiger partial charge in [0.05, 0.1) is 6.04 Å². The van der Waals surface area contributed by atoms with E-state index in [0.29, 0.717) is 18.9 Å². The van der Waals surface area contributed by atoms with Crippen molar-refractivity contribution in [3.63, 3.8) is 0 Å². The zero-order valence-corrected chi connectivity index (χ0v) is 14.7. The Morgan fingerprint density at radius 3 is 2.54 bits per heavy atom. The minimum atomic E-state index is -0.00757. The molecule has 0 aromatic heterocycles. The molecule has 2 aromatic rings. The van der Waals surface area contributed by atoms with Crippen molar-refractivity contribution >= 4 is 23.2 Å². The fourth-order valence-corrected chi connectivity index (χ4v) is 3.48. The number of para-hydroxylation sites is 1. The molecule has 1 aliphatic carbocycles. The highest BCUT2D eigenvalue weighted by Gasteiger charge is 2.36. The Morgan fingerprint density at radius 1 is 1.21 bits per heavy atom. The van der Waals surface area contributed by atoms with E-state index < -0.39 is 0 Å². The predicted octanol–water partition coefficient (Wildman–Crippen LogP) is 4.61. The van der Waals surface area contributed by atoms with E-state index in [0.717, 1.165) is 34.7 Å². The lowest BCUT2D eigenvalue weighted by Crippen LogP contribution is -2.35. The quantitative estimate of drug-likeness (QED) is 0.779. The van der Waals surface area contributed by atoms with Gasteiger partial charge < -0.3 is 10.6 Å². The molecule has 1 atom stereocenters. The van der Waals surface area contributed by atoms with E-state index in [4.69, 9.17) is 17.3 Å². The second-order valence-corrected chi connectivity index (χ2v) is 6.84. The molecule has 1 amide bonds. The lowest BCUT2D eigenvalue weighted by molar-refractivity contribution is -0.134. The van der Waals surface area contributed by atoms with Crippen LogP contribution in [0.3, 0.4) is 0 Å². The molecule has 24 heavy (non-hydrogen) atoms. The number of rotatable bonds is 6. The Hall–Kier alpha value is -2.00. The van der Waals surface area contributed by atoms with Crippen LogP contribution in [0.4, 0.5) is 5.69 Å². The first-order valence-corrected chi connectivity index (χ1v) is 8.84. The van der Waals surface area contributed by atoms with Crippen molar-refractivity contribution in [2.45, 2.75) is 44.7 Å². The smallest absolute Gasteiger partial charge is 0.223 e. The average molecular weight is 343 g/mol. The maximum absolute atomic E-state index is 12.9. The molecule has 3 nitrogen and oxygen atoms in total. The SMILES string of the molecule is CC(c1ccccc1Cl)N(C(=O)CCc1ccccc1N)C1CC1. The number of aryl methyl sites for hydroxylation is 1. The Bertz CT molecular complexity index is 727. The van der Waals surface area contributed by atoms with E-state index in [9.17, 15) is 4.79 Å². The summed E-state index contributed by atoms with van der Waals surface area (Å²) in [5, 5.41) is 0.718. The van der Waals surface area contributed by atoms with Gasteiger partial charge in [0.2, 0.25) is 5.91 Å². The predicted molar refractivity (Wildman–Crippen MR) is 98.9 cm³/mol. The molecule has 2 aromatic carbocycles. The van der Waals surface area contributed by atoms with Gasteiger partial charge in [-0.1, -0.05) is 48.0 Å². The molecule has 0 spiro atoms. The number of nitrogens with zero attached hydrogens (tertiary/aromatic N) is 1. The zero-order chi connectivity index (χ0) is 17.1. The van der Waals surface area contributed by atoms with E-state index >= 15 is 0 Å². The Balaban J connectivity index is 1.72. The third-order valence-electron chi connectivity index (χ3n) is 4.66. The van der Waals surface area contributed by atoms with Crippen LogP contribution in [0.25, 0.3) is 0 Å². The topological polar surface area (TPSA) is 46.3 Å². The summed E-state index contributed by atoms with van der Waals surface area (Å²) in [5.41, 5.74) is 8.78. The summed E-state index contributed by atoms with van der Waals surface area (Å²) < 4.78 is 0. The fraction of sp³-hybridized carbons (Fsp3) is 0.350. The molecule has 1 saturated carbocycles. The lowest BCUT2D eigenvalue weighted by atomic mass is 10.0. The van der Waals surface area contributed by atoms with Crippen LogP contribution in [-0.2, 0) is 11.2 Å². The maximum atomic E-state index is 12.9. The normalized spacial score (nSPS) is 15.1. The minimum Gasteiger partial charge on any atom is -0.399 e. The summed E-state index contributed by atoms with van der Waals surface area (Å²) in [6.45, 7) is 2.06. The molecule has 0 radical (unpaired) electrons. The van der Waals surface area contributed by atoms with Crippen LogP contribution in [-0.4, -0.2) is 16.8 Å². The summed E-state index contributed by atoms with van der Waals surface area (Å²) in [5.74, 6) is 0.174. The summed E-state index contributed by atoms with van der Waals surface area (Å²) in [4.78, 5) is 14.9. The first-order valence-electron chi connectivity index (χ1n) is 8.47. The molecule has 0 aliphatic heterocycles. The summed E-state index contributed by atoms with van der Waals surface area (Å²) in [6.07, 6.45) is 3.30. The van der Waals surface area contributed by atoms with Crippen LogP contribution in [0.2, 0.25) is 5.02 Å². The molecule has 4 heteroatoms. The van der Waals surface area contributed by atoms with Crippen molar-refractivity contribution < 1.29 is 4.79 Å². The average Bonchev–Trinajstić information content (AvgIpc) is 3.39. The number of carbonyl (C=O) groups excluding carboxylic acids is 1. The number of hydrogen-bond acceptors (Lipinski definition) is 2. The molecule has 0 heterocycles. The first kappa shape index (κ1) is 16.8. The van der Waals surface area contributed by atoms with Gasteiger partial charge >= 0.3 is 0 Å². The summed E-state index contributed by atoms with van der Waals surface area (Å²) in [7, 11) is 0. The summed E-state index contributed by atoms with van der Waals surface area (Å²) in [6, 6.07) is 15.9. The Morgan fingerprint density at radius 2 is 1.88 bits per heavy atom. The second kappa shape index (κ2) is 7.27. The molecule has 0 saturated heterocycles. The van der Waals surface area contributed by atoms with Crippen molar-refractivity contribution in [3.05, 3.63) is 64.7 Å². The van der Waals surface area contributed by atoms with Gasteiger partial charge in [-0.3, -0.25) is 4.79 Å². The molecule has 1 aliphatic rings. The molecule has 3 rings (SSSR count). The third kappa shape index (κ3) is 3.73. The van der Waals surface area contributed by atoms with Crippen LogP contribution in [0, 0.1) is 0 Å². The highest BCUT2D eigenvalue weighted by atomic mass is 35.5. The molecule has 0 bridgehead atoms. The number of amides is 1. The first-order chi connectivity index (χ1) is 11.6. The van der Waals surface area contributed by atoms with Crippen LogP contribution >= 0.6 is 11.6 Å². The van der Waals surface area contributed by atoms with E-state index in [-0.39, 0.29) is 11.9 Å². The van der Waals surface area contributed by atoms with Crippen LogP contribution in [0.1, 0.15) is 43.4 Å². The fourth-order valence-electron chi connectivity index (χ4n) is 3.18. The standard InChI is InChI=1S/C20H23ClN2O/c1-14(17-7-3-4-8-18(17)21)23(16-11-12-16)20(24)13-10-15-6-2-5-9-19(15)22/h2-9,14,16H,10-13,22H2,1H3. The van der Waals surface area contributed by atoms with Crippen molar-refractivity contribution in [1.82, 2.24) is 4.90 Å². The van der Waals surface area contributed by atoms with Crippen molar-refractivity contribution in [3.8, 4) is 0 Å². The molecule has 1 unspecified atom stereocenters. The van der Waals surface area contributed by atoms with Gasteiger partial charge in [-0.05, 0) is 49.4 Å². The van der Waals surface area contributed by atoms with Crippen LogP contribution < -0.4 is 5.73 Å². The van der Waals surface area contributed by atoms with Crippen LogP contribution in [0.5, 0.6) is 0 Å². The molecule has 2 N–H and O–H groups in total. The highest BCUT2D eigenvalue weighted by Crippen LogP contribution is 2.37. The van der Waals surface area contributed by atoms with Crippen molar-refractivity contribution in [2.75, 3.05) is 5.73 Å². The highest BCUT2D eigenvalue weighted by molar-refractivity contribution is 6.31. The number of anilines is 1. The van der Waals surface area contributed by atoms with Gasteiger partial charge in [-0.2, -0.15) is 0 Å². The van der Waals surface area contributed by atoms with E-state index in [2.05, 4.69) is 6.92 Å². The molecule has 1 fully saturated rings. The third-order valence-corrected chi connectivity index (χ3v) is 5.01. The van der Waals surface area contributed by atoms with E-state index in [1.165, 1.54) is 0 Å². The Kier molecular flexibility index (Phi) is 5.10. The largest absolute Gasteiger partial charge is 0.399 e. The number of halogens is 1. The number of hydrogen-bond donors (Lipinski definition) is 1. The van der Waals surface area contributed by atoms with Gasteiger partial charge in [0.25, 0.3) is 0 Å². The molecule has 126 valence electrons. The number of nitrogen functional groups attached to an aromatic ring is 1. The van der Waals surface area contributed by atoms with E-state index in [1.807, 2.05) is 53.4 Å². The zero-order valence-electron chi connectivity index (χ0n) is 13.9. The number of benzene rings is 2. The van der Waals surface area contributed by atoms with Gasteiger partial charge in [-0.15, -0.1) is 0 Å². The van der Waals surface area contributed by atoms with Gasteiger partial charge in [0.1, 0.15) is 0 Å². The molecular weight excluding hydrogens is 320 g/mol. The number of nitrogens with two attached hydrogens (primary N) is 1. The van der Waals surface area contributed by atoms with Crippen LogP contribution in [0.15, 0.2) is 48.5 Å².